The molecule has 3 aromatic carbocycles. The maximum Gasteiger partial charge on any atom is 0.187 e. The molecule has 0 aliphatic carbocycles. The molecule has 0 radical (unpaired) electrons. The standard InChI is InChI=1S/C22H19NO2/c24-22(15-16-23-25-17-18-7-3-1-4-8-18)21-13-11-20(12-14-21)19-9-5-2-6-10-19/h1-16,23H,17H2/b16-15-. The van der Waals surface area contributed by atoms with Gasteiger partial charge in [-0.2, -0.15) is 0 Å². The molecule has 0 saturated heterocycles. The van der Waals surface area contributed by atoms with Gasteiger partial charge in [-0.1, -0.05) is 84.9 Å². The van der Waals surface area contributed by atoms with Gasteiger partial charge in [0.2, 0.25) is 0 Å². The van der Waals surface area contributed by atoms with Crippen LogP contribution >= 0.6 is 0 Å². The van der Waals surface area contributed by atoms with Crippen molar-refractivity contribution in [2.45, 2.75) is 6.61 Å². The van der Waals surface area contributed by atoms with Crippen LogP contribution in [0.4, 0.5) is 0 Å². The summed E-state index contributed by atoms with van der Waals surface area (Å²) in [5.74, 6) is -0.0737. The Morgan fingerprint density at radius 3 is 2.08 bits per heavy atom. The lowest BCUT2D eigenvalue weighted by Crippen LogP contribution is -2.07. The van der Waals surface area contributed by atoms with Crippen molar-refractivity contribution in [2.24, 2.45) is 0 Å². The molecule has 0 fully saturated rings. The van der Waals surface area contributed by atoms with Crippen molar-refractivity contribution in [3.8, 4) is 11.1 Å². The van der Waals surface area contributed by atoms with Crippen LogP contribution < -0.4 is 5.48 Å². The van der Waals surface area contributed by atoms with Crippen LogP contribution in [0.5, 0.6) is 0 Å². The first-order valence-electron chi connectivity index (χ1n) is 8.10. The van der Waals surface area contributed by atoms with E-state index in [0.717, 1.165) is 16.7 Å². The summed E-state index contributed by atoms with van der Waals surface area (Å²) in [6, 6.07) is 27.5. The lowest BCUT2D eigenvalue weighted by molar-refractivity contribution is 0.0572. The summed E-state index contributed by atoms with van der Waals surface area (Å²) in [5.41, 5.74) is 6.59. The van der Waals surface area contributed by atoms with Crippen molar-refractivity contribution in [1.29, 1.82) is 0 Å². The normalized spacial score (nSPS) is 10.7. The van der Waals surface area contributed by atoms with Crippen molar-refractivity contribution < 1.29 is 9.63 Å². The van der Waals surface area contributed by atoms with E-state index in [1.807, 2.05) is 84.9 Å². The van der Waals surface area contributed by atoms with Crippen molar-refractivity contribution in [3.05, 3.63) is 108 Å². The second kappa shape index (κ2) is 8.62. The third-order valence-corrected chi connectivity index (χ3v) is 3.74. The maximum atomic E-state index is 12.1. The Bertz CT molecular complexity index is 825. The fourth-order valence-electron chi connectivity index (χ4n) is 2.41. The van der Waals surface area contributed by atoms with E-state index in [1.165, 1.54) is 12.3 Å². The molecule has 3 nitrogen and oxygen atoms in total. The zero-order chi connectivity index (χ0) is 17.3. The van der Waals surface area contributed by atoms with Gasteiger partial charge in [0.25, 0.3) is 0 Å². The predicted octanol–water partition coefficient (Wildman–Crippen LogP) is 4.77. The van der Waals surface area contributed by atoms with Gasteiger partial charge in [-0.15, -0.1) is 0 Å². The monoisotopic (exact) mass is 329 g/mol. The van der Waals surface area contributed by atoms with Crippen molar-refractivity contribution >= 4 is 5.78 Å². The molecule has 0 spiro atoms. The summed E-state index contributed by atoms with van der Waals surface area (Å²) in [5, 5.41) is 0. The van der Waals surface area contributed by atoms with Crippen molar-refractivity contribution in [3.63, 3.8) is 0 Å². The largest absolute Gasteiger partial charge is 0.289 e. The van der Waals surface area contributed by atoms with E-state index < -0.39 is 0 Å². The molecule has 0 aromatic heterocycles. The molecule has 3 aromatic rings. The SMILES string of the molecule is O=C(/C=C\NOCc1ccccc1)c1ccc(-c2ccccc2)cc1. The van der Waals surface area contributed by atoms with E-state index in [9.17, 15) is 4.79 Å². The first kappa shape index (κ1) is 16.7. The number of ketones is 1. The Morgan fingerprint density at radius 2 is 1.40 bits per heavy atom. The zero-order valence-corrected chi connectivity index (χ0v) is 13.8. The van der Waals surface area contributed by atoms with E-state index in [1.54, 1.807) is 0 Å². The summed E-state index contributed by atoms with van der Waals surface area (Å²) in [6.07, 6.45) is 2.97. The van der Waals surface area contributed by atoms with Crippen LogP contribution in [-0.2, 0) is 11.4 Å². The van der Waals surface area contributed by atoms with E-state index in [0.29, 0.717) is 12.2 Å². The van der Waals surface area contributed by atoms with Crippen molar-refractivity contribution in [2.75, 3.05) is 0 Å². The first-order chi connectivity index (χ1) is 12.3. The average molecular weight is 329 g/mol. The molecule has 0 heterocycles. The minimum Gasteiger partial charge on any atom is -0.289 e. The fraction of sp³-hybridized carbons (Fsp3) is 0.0455. The second-order valence-corrected chi connectivity index (χ2v) is 5.53. The Hall–Kier alpha value is -3.17. The van der Waals surface area contributed by atoms with Crippen LogP contribution in [0.25, 0.3) is 11.1 Å². The number of carbonyl (C=O) groups excluding carboxylic acids is 1. The topological polar surface area (TPSA) is 38.3 Å². The average Bonchev–Trinajstić information content (AvgIpc) is 2.69. The fourth-order valence-corrected chi connectivity index (χ4v) is 2.41. The number of allylic oxidation sites excluding steroid dienone is 1. The highest BCUT2D eigenvalue weighted by atomic mass is 16.6. The number of hydrogen-bond donors (Lipinski definition) is 1. The van der Waals surface area contributed by atoms with Gasteiger partial charge in [0.15, 0.2) is 5.78 Å². The molecule has 0 aliphatic heterocycles. The molecule has 0 saturated carbocycles. The Morgan fingerprint density at radius 1 is 0.800 bits per heavy atom. The predicted molar refractivity (Wildman–Crippen MR) is 99.7 cm³/mol. The Kier molecular flexibility index (Phi) is 5.75. The molecular formula is C22H19NO2. The van der Waals surface area contributed by atoms with Crippen LogP contribution in [0, 0.1) is 0 Å². The molecule has 124 valence electrons. The van der Waals surface area contributed by atoms with Gasteiger partial charge in [0.05, 0.1) is 6.61 Å². The molecule has 0 amide bonds. The lowest BCUT2D eigenvalue weighted by atomic mass is 10.0. The number of hydrogen-bond acceptors (Lipinski definition) is 3. The minimum atomic E-state index is -0.0737. The van der Waals surface area contributed by atoms with E-state index in [2.05, 4.69) is 5.48 Å². The number of hydroxylamine groups is 1. The zero-order valence-electron chi connectivity index (χ0n) is 13.8. The molecule has 0 atom stereocenters. The number of benzene rings is 3. The van der Waals surface area contributed by atoms with Crippen LogP contribution in [0.1, 0.15) is 15.9 Å². The van der Waals surface area contributed by atoms with Gasteiger partial charge in [0.1, 0.15) is 0 Å². The first-order valence-corrected chi connectivity index (χ1v) is 8.10. The molecule has 3 heteroatoms. The van der Waals surface area contributed by atoms with Gasteiger partial charge in [0, 0.05) is 17.8 Å². The van der Waals surface area contributed by atoms with Crippen molar-refractivity contribution in [1.82, 2.24) is 5.48 Å². The van der Waals surface area contributed by atoms with Gasteiger partial charge in [-0.3, -0.25) is 15.1 Å². The summed E-state index contributed by atoms with van der Waals surface area (Å²) < 4.78 is 0. The van der Waals surface area contributed by atoms with Gasteiger partial charge in [-0.25, -0.2) is 0 Å². The number of rotatable bonds is 7. The summed E-state index contributed by atoms with van der Waals surface area (Å²) >= 11 is 0. The summed E-state index contributed by atoms with van der Waals surface area (Å²) in [4.78, 5) is 17.4. The van der Waals surface area contributed by atoms with E-state index in [4.69, 9.17) is 4.84 Å². The highest BCUT2D eigenvalue weighted by molar-refractivity contribution is 6.04. The van der Waals surface area contributed by atoms with Gasteiger partial charge < -0.3 is 0 Å². The second-order valence-electron chi connectivity index (χ2n) is 5.53. The van der Waals surface area contributed by atoms with Gasteiger partial charge >= 0.3 is 0 Å². The van der Waals surface area contributed by atoms with Crippen LogP contribution in [0.2, 0.25) is 0 Å². The van der Waals surface area contributed by atoms with Gasteiger partial charge in [-0.05, 0) is 16.7 Å². The molecule has 1 N–H and O–H groups in total. The molecule has 0 bridgehead atoms. The third kappa shape index (κ3) is 4.90. The molecule has 0 aliphatic rings. The Balaban J connectivity index is 1.51. The molecular weight excluding hydrogens is 310 g/mol. The lowest BCUT2D eigenvalue weighted by Gasteiger charge is -2.03. The van der Waals surface area contributed by atoms with E-state index in [-0.39, 0.29) is 5.78 Å². The van der Waals surface area contributed by atoms with Crippen LogP contribution in [-0.4, -0.2) is 5.78 Å². The number of nitrogens with one attached hydrogen (secondary N) is 1. The molecule has 25 heavy (non-hydrogen) atoms. The van der Waals surface area contributed by atoms with Crippen LogP contribution in [0.15, 0.2) is 97.2 Å². The number of carbonyl (C=O) groups is 1. The minimum absolute atomic E-state index is 0.0737. The van der Waals surface area contributed by atoms with Crippen LogP contribution in [0.3, 0.4) is 0 Å². The smallest absolute Gasteiger partial charge is 0.187 e. The third-order valence-electron chi connectivity index (χ3n) is 3.74. The van der Waals surface area contributed by atoms with E-state index >= 15 is 0 Å². The maximum absolute atomic E-state index is 12.1. The summed E-state index contributed by atoms with van der Waals surface area (Å²) in [6.45, 7) is 0.436. The Labute approximate surface area is 147 Å². The highest BCUT2D eigenvalue weighted by Gasteiger charge is 2.02. The summed E-state index contributed by atoms with van der Waals surface area (Å²) in [7, 11) is 0. The quantitative estimate of drug-likeness (QED) is 0.294. The molecule has 0 unspecified atom stereocenters. The molecule has 3 rings (SSSR count). The highest BCUT2D eigenvalue weighted by Crippen LogP contribution is 2.19.